The Kier molecular flexibility index (Phi) is 3.87. The van der Waals surface area contributed by atoms with Crippen molar-refractivity contribution in [2.24, 2.45) is 0 Å². The standard InChI is InChI=1S/C11H8BN5OS/c1-6-4-14-11(15-5-6)8(3-13)9(18-12)10-7(2)16-17-19-10/h4-5H,1-2H3. The number of hydrogen-bond acceptors (Lipinski definition) is 7. The van der Waals surface area contributed by atoms with Crippen molar-refractivity contribution < 1.29 is 4.65 Å². The molecule has 0 aliphatic rings. The second kappa shape index (κ2) is 5.58. The molecule has 0 aromatic carbocycles. The molecule has 2 rings (SSSR count). The van der Waals surface area contributed by atoms with E-state index in [9.17, 15) is 5.26 Å². The van der Waals surface area contributed by atoms with Crippen LogP contribution in [0.3, 0.4) is 0 Å². The highest BCUT2D eigenvalue weighted by molar-refractivity contribution is 7.07. The normalized spacial score (nSPS) is 11.6. The van der Waals surface area contributed by atoms with Gasteiger partial charge in [-0.15, -0.1) is 5.10 Å². The Labute approximate surface area is 115 Å². The largest absolute Gasteiger partial charge is 0.566 e. The summed E-state index contributed by atoms with van der Waals surface area (Å²) in [6, 6.07) is 2.01. The Morgan fingerprint density at radius 1 is 1.37 bits per heavy atom. The second-order valence-corrected chi connectivity index (χ2v) is 4.46. The molecule has 0 saturated carbocycles. The van der Waals surface area contributed by atoms with Gasteiger partial charge in [0.1, 0.15) is 22.3 Å². The second-order valence-electron chi connectivity index (χ2n) is 3.71. The summed E-state index contributed by atoms with van der Waals surface area (Å²) in [5.41, 5.74) is 1.67. The van der Waals surface area contributed by atoms with Crippen molar-refractivity contribution >= 4 is 30.9 Å². The first-order chi connectivity index (χ1) is 9.17. The lowest BCUT2D eigenvalue weighted by atomic mass is 10.1. The molecule has 0 aliphatic heterocycles. The summed E-state index contributed by atoms with van der Waals surface area (Å²) in [7, 11) is 5.26. The summed E-state index contributed by atoms with van der Waals surface area (Å²) < 4.78 is 8.61. The van der Waals surface area contributed by atoms with Gasteiger partial charge in [0.2, 0.25) is 0 Å². The Hall–Kier alpha value is -2.27. The lowest BCUT2D eigenvalue weighted by molar-refractivity contribution is 0.575. The maximum absolute atomic E-state index is 9.28. The fourth-order valence-electron chi connectivity index (χ4n) is 1.39. The molecule has 8 heteroatoms. The summed E-state index contributed by atoms with van der Waals surface area (Å²) >= 11 is 1.09. The van der Waals surface area contributed by atoms with Gasteiger partial charge in [-0.05, 0) is 30.9 Å². The molecule has 2 aromatic rings. The maximum Gasteiger partial charge on any atom is 0.374 e. The quantitative estimate of drug-likeness (QED) is 0.476. The van der Waals surface area contributed by atoms with Gasteiger partial charge in [0, 0.05) is 12.4 Å². The van der Waals surface area contributed by atoms with E-state index in [2.05, 4.69) is 19.6 Å². The zero-order valence-corrected chi connectivity index (χ0v) is 11.1. The van der Waals surface area contributed by atoms with Crippen LogP contribution in [0.5, 0.6) is 0 Å². The number of rotatable bonds is 3. The third-order valence-electron chi connectivity index (χ3n) is 2.32. The van der Waals surface area contributed by atoms with Gasteiger partial charge in [-0.25, -0.2) is 9.97 Å². The molecule has 0 atom stereocenters. The van der Waals surface area contributed by atoms with Crippen LogP contribution in [0.15, 0.2) is 12.4 Å². The van der Waals surface area contributed by atoms with Gasteiger partial charge in [0.15, 0.2) is 5.82 Å². The van der Waals surface area contributed by atoms with Crippen LogP contribution in [0.4, 0.5) is 0 Å². The van der Waals surface area contributed by atoms with Crippen LogP contribution in [0.2, 0.25) is 0 Å². The molecule has 0 bridgehead atoms. The van der Waals surface area contributed by atoms with Gasteiger partial charge >= 0.3 is 8.05 Å². The number of aromatic nitrogens is 4. The monoisotopic (exact) mass is 269 g/mol. The van der Waals surface area contributed by atoms with Crippen LogP contribution in [0.25, 0.3) is 11.3 Å². The molecule has 0 aliphatic carbocycles. The third-order valence-corrected chi connectivity index (χ3v) is 3.15. The average Bonchev–Trinajstić information content (AvgIpc) is 2.83. The maximum atomic E-state index is 9.28. The number of allylic oxidation sites excluding steroid dienone is 1. The van der Waals surface area contributed by atoms with Crippen molar-refractivity contribution in [2.75, 3.05) is 0 Å². The third kappa shape index (κ3) is 2.61. The van der Waals surface area contributed by atoms with Crippen molar-refractivity contribution in [1.82, 2.24) is 19.6 Å². The average molecular weight is 269 g/mol. The Bertz CT molecular complexity index is 658. The fraction of sp³-hybridized carbons (Fsp3) is 0.182. The molecule has 2 aromatic heterocycles. The van der Waals surface area contributed by atoms with Crippen LogP contribution < -0.4 is 0 Å². The van der Waals surface area contributed by atoms with E-state index in [1.807, 2.05) is 13.0 Å². The molecule has 0 spiro atoms. The van der Waals surface area contributed by atoms with Crippen molar-refractivity contribution in [3.05, 3.63) is 34.4 Å². The predicted molar refractivity (Wildman–Crippen MR) is 70.7 cm³/mol. The Morgan fingerprint density at radius 3 is 2.53 bits per heavy atom. The summed E-state index contributed by atoms with van der Waals surface area (Å²) in [6.45, 7) is 3.61. The zero-order chi connectivity index (χ0) is 13.8. The van der Waals surface area contributed by atoms with E-state index in [0.29, 0.717) is 10.6 Å². The first kappa shape index (κ1) is 13.2. The molecule has 92 valence electrons. The highest BCUT2D eigenvalue weighted by Gasteiger charge is 2.18. The number of nitriles is 1. The predicted octanol–water partition coefficient (Wildman–Crippen LogP) is 1.44. The first-order valence-electron chi connectivity index (χ1n) is 5.26. The van der Waals surface area contributed by atoms with Crippen LogP contribution in [-0.2, 0) is 4.65 Å². The van der Waals surface area contributed by atoms with Crippen LogP contribution >= 0.6 is 11.5 Å². The lowest BCUT2D eigenvalue weighted by Gasteiger charge is -2.07. The van der Waals surface area contributed by atoms with E-state index in [1.54, 1.807) is 19.3 Å². The highest BCUT2D eigenvalue weighted by atomic mass is 32.1. The Balaban J connectivity index is 2.60. The summed E-state index contributed by atoms with van der Waals surface area (Å²) in [5.74, 6) is 0.431. The minimum absolute atomic E-state index is 0.150. The van der Waals surface area contributed by atoms with Crippen molar-refractivity contribution in [1.29, 1.82) is 5.26 Å². The van der Waals surface area contributed by atoms with Crippen molar-refractivity contribution in [2.45, 2.75) is 13.8 Å². The number of nitrogens with zero attached hydrogens (tertiary/aromatic N) is 5. The van der Waals surface area contributed by atoms with E-state index < -0.39 is 0 Å². The fourth-order valence-corrected chi connectivity index (χ4v) is 2.04. The van der Waals surface area contributed by atoms with Gasteiger partial charge < -0.3 is 4.65 Å². The first-order valence-corrected chi connectivity index (χ1v) is 6.04. The van der Waals surface area contributed by atoms with Gasteiger partial charge in [-0.1, -0.05) is 4.49 Å². The van der Waals surface area contributed by atoms with Gasteiger partial charge in [-0.2, -0.15) is 5.26 Å². The van der Waals surface area contributed by atoms with Crippen LogP contribution in [0.1, 0.15) is 22.0 Å². The molecule has 2 heterocycles. The molecule has 6 nitrogen and oxygen atoms in total. The van der Waals surface area contributed by atoms with Gasteiger partial charge in [0.05, 0.1) is 5.69 Å². The number of aryl methyl sites for hydroxylation is 2. The minimum Gasteiger partial charge on any atom is -0.566 e. The van der Waals surface area contributed by atoms with Crippen molar-refractivity contribution in [3.63, 3.8) is 0 Å². The van der Waals surface area contributed by atoms with Gasteiger partial charge in [-0.3, -0.25) is 0 Å². The SMILES string of the molecule is [B]OC(=C(C#N)c1ncc(C)cn1)c1snnc1C. The molecule has 0 unspecified atom stereocenters. The molecular weight excluding hydrogens is 261 g/mol. The topological polar surface area (TPSA) is 84.6 Å². The van der Waals surface area contributed by atoms with Crippen LogP contribution in [0, 0.1) is 25.2 Å². The summed E-state index contributed by atoms with van der Waals surface area (Å²) in [4.78, 5) is 8.78. The molecule has 0 saturated heterocycles. The van der Waals surface area contributed by atoms with E-state index >= 15 is 0 Å². The Morgan fingerprint density at radius 2 is 2.05 bits per heavy atom. The minimum atomic E-state index is 0.150. The number of hydrogen-bond donors (Lipinski definition) is 0. The molecular formula is C11H8BN5OS. The lowest BCUT2D eigenvalue weighted by Crippen LogP contribution is -1.99. The van der Waals surface area contributed by atoms with Gasteiger partial charge in [0.25, 0.3) is 0 Å². The molecule has 0 fully saturated rings. The van der Waals surface area contributed by atoms with E-state index in [1.165, 1.54) is 0 Å². The molecule has 19 heavy (non-hydrogen) atoms. The molecule has 0 N–H and O–H groups in total. The molecule has 0 amide bonds. The van der Waals surface area contributed by atoms with E-state index in [-0.39, 0.29) is 17.2 Å². The zero-order valence-electron chi connectivity index (χ0n) is 10.3. The van der Waals surface area contributed by atoms with E-state index in [0.717, 1.165) is 17.1 Å². The van der Waals surface area contributed by atoms with Crippen LogP contribution in [-0.4, -0.2) is 27.6 Å². The van der Waals surface area contributed by atoms with Crippen molar-refractivity contribution in [3.8, 4) is 6.07 Å². The summed E-state index contributed by atoms with van der Waals surface area (Å²) in [5, 5.41) is 13.1. The van der Waals surface area contributed by atoms with E-state index in [4.69, 9.17) is 12.7 Å². The smallest absolute Gasteiger partial charge is 0.374 e. The highest BCUT2D eigenvalue weighted by Crippen LogP contribution is 2.28. The summed E-state index contributed by atoms with van der Waals surface area (Å²) in [6.07, 6.45) is 3.23. The molecule has 2 radical (unpaired) electrons.